The Morgan fingerprint density at radius 2 is 2.30 bits per heavy atom. The van der Waals surface area contributed by atoms with Gasteiger partial charge in [0.2, 0.25) is 15.9 Å². The largest absolute Gasteiger partial charge is 0.354 e. The molecule has 1 fully saturated rings. The first-order valence-corrected chi connectivity index (χ1v) is 7.42. The lowest BCUT2D eigenvalue weighted by Gasteiger charge is -2.10. The fourth-order valence-corrected chi connectivity index (χ4v) is 2.99. The number of nitrogens with one attached hydrogen (secondary N) is 2. The number of aromatic nitrogens is 1. The van der Waals surface area contributed by atoms with Crippen LogP contribution >= 0.6 is 0 Å². The van der Waals surface area contributed by atoms with Gasteiger partial charge in [0.1, 0.15) is 4.90 Å². The fraction of sp³-hybridized carbons (Fsp3) is 0.333. The van der Waals surface area contributed by atoms with Gasteiger partial charge in [0.05, 0.1) is 6.54 Å². The third-order valence-corrected chi connectivity index (χ3v) is 4.14. The second-order valence-corrected chi connectivity index (χ2v) is 5.96. The van der Waals surface area contributed by atoms with E-state index >= 15 is 0 Å². The van der Waals surface area contributed by atoms with Crippen LogP contribution in [0.4, 0.5) is 0 Å². The molecule has 0 aromatic carbocycles. The predicted molar refractivity (Wildman–Crippen MR) is 71.9 cm³/mol. The van der Waals surface area contributed by atoms with Gasteiger partial charge in [-0.15, -0.1) is 0 Å². The molecule has 0 saturated carbocycles. The standard InChI is InChI=1S/C12H14N4O3S/c13-3-1-2-9-4-11(8-14-6-9)20(18,19)16-10-5-12(17)15-7-10/h4,6,8,10,16H,3,5,7,13H2,(H,15,17). The molecule has 1 unspecified atom stereocenters. The number of sulfonamides is 1. The lowest BCUT2D eigenvalue weighted by molar-refractivity contribution is -0.119. The Balaban J connectivity index is 2.18. The summed E-state index contributed by atoms with van der Waals surface area (Å²) in [4.78, 5) is 14.9. The van der Waals surface area contributed by atoms with Crippen molar-refractivity contribution in [2.45, 2.75) is 17.4 Å². The van der Waals surface area contributed by atoms with Crippen LogP contribution in [0.15, 0.2) is 23.4 Å². The molecule has 106 valence electrons. The zero-order chi connectivity index (χ0) is 14.6. The molecule has 1 aromatic heterocycles. The quantitative estimate of drug-likeness (QED) is 0.591. The fourth-order valence-electron chi connectivity index (χ4n) is 1.76. The highest BCUT2D eigenvalue weighted by atomic mass is 32.2. The van der Waals surface area contributed by atoms with Crippen LogP contribution in [-0.4, -0.2) is 38.4 Å². The topological polar surface area (TPSA) is 114 Å². The first-order chi connectivity index (χ1) is 9.51. The number of pyridine rings is 1. The minimum absolute atomic E-state index is 0.0145. The maximum atomic E-state index is 12.2. The molecule has 1 atom stereocenters. The predicted octanol–water partition coefficient (Wildman–Crippen LogP) is -1.44. The summed E-state index contributed by atoms with van der Waals surface area (Å²) in [6, 6.07) is 0.980. The third-order valence-electron chi connectivity index (χ3n) is 2.66. The normalized spacial score (nSPS) is 18.2. The first-order valence-electron chi connectivity index (χ1n) is 5.94. The summed E-state index contributed by atoms with van der Waals surface area (Å²) < 4.78 is 26.8. The van der Waals surface area contributed by atoms with Gasteiger partial charge in [0.15, 0.2) is 0 Å². The van der Waals surface area contributed by atoms with Gasteiger partial charge in [-0.1, -0.05) is 11.8 Å². The summed E-state index contributed by atoms with van der Waals surface area (Å²) in [6.07, 6.45) is 2.84. The molecule has 4 N–H and O–H groups in total. The number of hydrogen-bond acceptors (Lipinski definition) is 5. The van der Waals surface area contributed by atoms with Crippen molar-refractivity contribution < 1.29 is 13.2 Å². The smallest absolute Gasteiger partial charge is 0.242 e. The number of hydrogen-bond donors (Lipinski definition) is 3. The van der Waals surface area contributed by atoms with Crippen molar-refractivity contribution >= 4 is 15.9 Å². The van der Waals surface area contributed by atoms with Gasteiger partial charge in [-0.2, -0.15) is 0 Å². The number of rotatable bonds is 3. The van der Waals surface area contributed by atoms with E-state index in [1.807, 2.05) is 0 Å². The van der Waals surface area contributed by atoms with Gasteiger partial charge in [0.25, 0.3) is 0 Å². The van der Waals surface area contributed by atoms with E-state index in [2.05, 4.69) is 26.9 Å². The molecule has 2 rings (SSSR count). The Hall–Kier alpha value is -1.95. The Labute approximate surface area is 117 Å². The second kappa shape index (κ2) is 6.00. The van der Waals surface area contributed by atoms with Gasteiger partial charge in [-0.3, -0.25) is 9.78 Å². The van der Waals surface area contributed by atoms with E-state index in [1.165, 1.54) is 18.5 Å². The molecule has 20 heavy (non-hydrogen) atoms. The summed E-state index contributed by atoms with van der Waals surface area (Å²) in [5.74, 6) is 5.18. The molecule has 1 aromatic rings. The van der Waals surface area contributed by atoms with Crippen LogP contribution in [0, 0.1) is 11.8 Å². The van der Waals surface area contributed by atoms with Crippen molar-refractivity contribution in [2.24, 2.45) is 5.73 Å². The summed E-state index contributed by atoms with van der Waals surface area (Å²) in [5.41, 5.74) is 5.73. The monoisotopic (exact) mass is 294 g/mol. The molecule has 2 heterocycles. The van der Waals surface area contributed by atoms with Crippen LogP contribution in [0.1, 0.15) is 12.0 Å². The maximum Gasteiger partial charge on any atom is 0.242 e. The molecule has 0 radical (unpaired) electrons. The van der Waals surface area contributed by atoms with Crippen LogP contribution in [0.5, 0.6) is 0 Å². The highest BCUT2D eigenvalue weighted by molar-refractivity contribution is 7.89. The average molecular weight is 294 g/mol. The van der Waals surface area contributed by atoms with Crippen LogP contribution < -0.4 is 15.8 Å². The zero-order valence-corrected chi connectivity index (χ0v) is 11.4. The highest BCUT2D eigenvalue weighted by Crippen LogP contribution is 2.11. The van der Waals surface area contributed by atoms with E-state index in [1.54, 1.807) is 0 Å². The lowest BCUT2D eigenvalue weighted by Crippen LogP contribution is -2.36. The Morgan fingerprint density at radius 1 is 1.50 bits per heavy atom. The van der Waals surface area contributed by atoms with Crippen LogP contribution in [-0.2, 0) is 14.8 Å². The van der Waals surface area contributed by atoms with E-state index in [0.29, 0.717) is 5.56 Å². The molecular weight excluding hydrogens is 280 g/mol. The van der Waals surface area contributed by atoms with Gasteiger partial charge >= 0.3 is 0 Å². The summed E-state index contributed by atoms with van der Waals surface area (Å²) in [7, 11) is -3.72. The highest BCUT2D eigenvalue weighted by Gasteiger charge is 2.27. The minimum Gasteiger partial charge on any atom is -0.354 e. The number of nitrogens with two attached hydrogens (primary N) is 1. The van der Waals surface area contributed by atoms with Gasteiger partial charge in [-0.05, 0) is 6.07 Å². The zero-order valence-electron chi connectivity index (χ0n) is 10.6. The number of amides is 1. The lowest BCUT2D eigenvalue weighted by atomic mass is 10.3. The summed E-state index contributed by atoms with van der Waals surface area (Å²) in [5, 5.41) is 2.57. The Bertz CT molecular complexity index is 675. The summed E-state index contributed by atoms with van der Waals surface area (Å²) in [6.45, 7) is 0.475. The molecular formula is C12H14N4O3S. The van der Waals surface area contributed by atoms with E-state index in [0.717, 1.165) is 0 Å². The van der Waals surface area contributed by atoms with Gasteiger partial charge in [0, 0.05) is 37.0 Å². The van der Waals surface area contributed by atoms with Gasteiger partial charge in [-0.25, -0.2) is 13.1 Å². The molecule has 7 nitrogen and oxygen atoms in total. The molecule has 0 aliphatic carbocycles. The van der Waals surface area contributed by atoms with Crippen LogP contribution in [0.2, 0.25) is 0 Å². The molecule has 0 bridgehead atoms. The first kappa shape index (κ1) is 14.5. The molecule has 8 heteroatoms. The average Bonchev–Trinajstić information content (AvgIpc) is 2.81. The number of carbonyl (C=O) groups excluding carboxylic acids is 1. The third kappa shape index (κ3) is 3.54. The van der Waals surface area contributed by atoms with Crippen molar-refractivity contribution in [3.05, 3.63) is 24.0 Å². The van der Waals surface area contributed by atoms with Gasteiger partial charge < -0.3 is 11.1 Å². The van der Waals surface area contributed by atoms with Crippen LogP contribution in [0.25, 0.3) is 0 Å². The van der Waals surface area contributed by atoms with Crippen molar-refractivity contribution in [2.75, 3.05) is 13.1 Å². The molecule has 1 aliphatic heterocycles. The Kier molecular flexibility index (Phi) is 4.34. The van der Waals surface area contributed by atoms with Crippen molar-refractivity contribution in [1.29, 1.82) is 0 Å². The van der Waals surface area contributed by atoms with E-state index in [9.17, 15) is 13.2 Å². The minimum atomic E-state index is -3.72. The summed E-state index contributed by atoms with van der Waals surface area (Å²) >= 11 is 0. The van der Waals surface area contributed by atoms with Crippen molar-refractivity contribution in [3.63, 3.8) is 0 Å². The Morgan fingerprint density at radius 3 is 2.95 bits per heavy atom. The molecule has 1 aliphatic rings. The van der Waals surface area contributed by atoms with E-state index in [-0.39, 0.29) is 30.3 Å². The van der Waals surface area contributed by atoms with E-state index < -0.39 is 16.1 Å². The maximum absolute atomic E-state index is 12.2. The van der Waals surface area contributed by atoms with Crippen molar-refractivity contribution in [1.82, 2.24) is 15.0 Å². The molecule has 1 amide bonds. The second-order valence-electron chi connectivity index (χ2n) is 4.24. The number of nitrogens with zero attached hydrogens (tertiary/aromatic N) is 1. The molecule has 0 spiro atoms. The molecule has 1 saturated heterocycles. The van der Waals surface area contributed by atoms with Crippen molar-refractivity contribution in [3.8, 4) is 11.8 Å². The van der Waals surface area contributed by atoms with E-state index in [4.69, 9.17) is 5.73 Å². The SMILES string of the molecule is NCC#Cc1cncc(S(=O)(=O)NC2CNC(=O)C2)c1. The van der Waals surface area contributed by atoms with Crippen LogP contribution in [0.3, 0.4) is 0 Å². The number of carbonyl (C=O) groups is 1.